The molecule has 2 aliphatic rings. The molecule has 2 aliphatic heterocycles. The zero-order valence-corrected chi connectivity index (χ0v) is 11.7. The van der Waals surface area contributed by atoms with Gasteiger partial charge in [0.15, 0.2) is 0 Å². The van der Waals surface area contributed by atoms with Crippen molar-refractivity contribution in [2.24, 2.45) is 0 Å². The van der Waals surface area contributed by atoms with Gasteiger partial charge in [0.2, 0.25) is 5.91 Å². The smallest absolute Gasteiger partial charge is 0.234 e. The van der Waals surface area contributed by atoms with Crippen LogP contribution in [0.2, 0.25) is 0 Å². The van der Waals surface area contributed by atoms with Gasteiger partial charge in [0.05, 0.1) is 6.54 Å². The summed E-state index contributed by atoms with van der Waals surface area (Å²) in [7, 11) is 0. The topological polar surface area (TPSA) is 44.4 Å². The summed E-state index contributed by atoms with van der Waals surface area (Å²) in [5.74, 6) is 0.189. The van der Waals surface area contributed by atoms with E-state index < -0.39 is 0 Å². The van der Waals surface area contributed by atoms with Crippen LogP contribution in [-0.4, -0.2) is 48.6 Å². The van der Waals surface area contributed by atoms with Gasteiger partial charge in [0.25, 0.3) is 0 Å². The van der Waals surface area contributed by atoms with Crippen molar-refractivity contribution >= 4 is 5.91 Å². The van der Waals surface area contributed by atoms with Crippen molar-refractivity contribution in [3.8, 4) is 0 Å². The van der Waals surface area contributed by atoms with Crippen molar-refractivity contribution in [1.29, 1.82) is 0 Å². The second-order valence-electron chi connectivity index (χ2n) is 5.63. The molecule has 0 aromatic heterocycles. The van der Waals surface area contributed by atoms with E-state index in [0.717, 1.165) is 13.1 Å². The van der Waals surface area contributed by atoms with E-state index in [1.165, 1.54) is 32.1 Å². The largest absolute Gasteiger partial charge is 0.355 e. The van der Waals surface area contributed by atoms with Gasteiger partial charge in [0, 0.05) is 24.7 Å². The molecular weight excluding hydrogens is 226 g/mol. The van der Waals surface area contributed by atoms with Crippen LogP contribution >= 0.6 is 0 Å². The van der Waals surface area contributed by atoms with E-state index in [-0.39, 0.29) is 5.91 Å². The third-order valence-corrected chi connectivity index (χ3v) is 4.27. The minimum absolute atomic E-state index is 0.189. The van der Waals surface area contributed by atoms with Crippen LogP contribution in [-0.2, 0) is 4.79 Å². The predicted molar refractivity (Wildman–Crippen MR) is 73.5 cm³/mol. The maximum atomic E-state index is 11.7. The summed E-state index contributed by atoms with van der Waals surface area (Å²) in [5.41, 5.74) is 0. The maximum absolute atomic E-state index is 11.7. The van der Waals surface area contributed by atoms with Crippen LogP contribution < -0.4 is 10.6 Å². The lowest BCUT2D eigenvalue weighted by atomic mass is 9.97. The van der Waals surface area contributed by atoms with Crippen LogP contribution in [0.5, 0.6) is 0 Å². The third kappa shape index (κ3) is 3.23. The minimum Gasteiger partial charge on any atom is -0.355 e. The van der Waals surface area contributed by atoms with Gasteiger partial charge in [-0.3, -0.25) is 9.69 Å². The molecule has 1 amide bonds. The van der Waals surface area contributed by atoms with Crippen LogP contribution in [0.15, 0.2) is 0 Å². The molecule has 2 unspecified atom stereocenters. The number of piperidine rings is 1. The molecule has 2 fully saturated rings. The van der Waals surface area contributed by atoms with Gasteiger partial charge in [0.1, 0.15) is 0 Å². The van der Waals surface area contributed by atoms with Gasteiger partial charge in [-0.2, -0.15) is 0 Å². The van der Waals surface area contributed by atoms with Gasteiger partial charge in [-0.1, -0.05) is 6.92 Å². The van der Waals surface area contributed by atoms with Gasteiger partial charge in [-0.05, 0) is 45.6 Å². The molecule has 104 valence electrons. The van der Waals surface area contributed by atoms with Gasteiger partial charge < -0.3 is 10.6 Å². The van der Waals surface area contributed by atoms with Crippen LogP contribution in [0.25, 0.3) is 0 Å². The van der Waals surface area contributed by atoms with E-state index in [1.807, 2.05) is 6.92 Å². The fraction of sp³-hybridized carbons (Fsp3) is 0.929. The molecule has 4 heteroatoms. The number of hydrogen-bond acceptors (Lipinski definition) is 3. The molecule has 0 aromatic carbocycles. The van der Waals surface area contributed by atoms with Crippen LogP contribution in [0.1, 0.15) is 46.0 Å². The van der Waals surface area contributed by atoms with Crippen molar-refractivity contribution < 1.29 is 4.79 Å². The number of carbonyl (C=O) groups is 1. The summed E-state index contributed by atoms with van der Waals surface area (Å²) in [6.07, 6.45) is 6.18. The summed E-state index contributed by atoms with van der Waals surface area (Å²) >= 11 is 0. The molecule has 0 aromatic rings. The molecule has 2 N–H and O–H groups in total. The monoisotopic (exact) mass is 253 g/mol. The Morgan fingerprint density at radius 2 is 1.89 bits per heavy atom. The van der Waals surface area contributed by atoms with Crippen molar-refractivity contribution in [3.05, 3.63) is 0 Å². The summed E-state index contributed by atoms with van der Waals surface area (Å²) in [4.78, 5) is 14.2. The van der Waals surface area contributed by atoms with Crippen LogP contribution in [0, 0.1) is 0 Å². The third-order valence-electron chi connectivity index (χ3n) is 4.27. The highest BCUT2D eigenvalue weighted by Gasteiger charge is 2.40. The Kier molecular flexibility index (Phi) is 5.01. The fourth-order valence-electron chi connectivity index (χ4n) is 3.47. The number of rotatable bonds is 6. The lowest BCUT2D eigenvalue weighted by molar-refractivity contribution is -0.123. The summed E-state index contributed by atoms with van der Waals surface area (Å²) in [5, 5.41) is 6.55. The number of carbonyl (C=O) groups excluding carboxylic acids is 1. The zero-order chi connectivity index (χ0) is 13.0. The average molecular weight is 253 g/mol. The molecular formula is C14H27N3O. The Bertz CT molecular complexity index is 268. The van der Waals surface area contributed by atoms with Crippen molar-refractivity contribution in [2.45, 2.75) is 64.1 Å². The summed E-state index contributed by atoms with van der Waals surface area (Å²) < 4.78 is 0. The van der Waals surface area contributed by atoms with Crippen LogP contribution in [0.3, 0.4) is 0 Å². The number of nitrogens with one attached hydrogen (secondary N) is 2. The first-order valence-corrected chi connectivity index (χ1v) is 7.50. The zero-order valence-electron chi connectivity index (χ0n) is 11.7. The first-order valence-electron chi connectivity index (χ1n) is 7.50. The number of likely N-dealkylation sites (N-methyl/N-ethyl adjacent to an activating group) is 1. The maximum Gasteiger partial charge on any atom is 0.234 e. The van der Waals surface area contributed by atoms with E-state index >= 15 is 0 Å². The SMILES string of the molecule is CCCNC1CC2CCC(C1)N2CC(=O)NCC. The molecule has 18 heavy (non-hydrogen) atoms. The van der Waals surface area contributed by atoms with Gasteiger partial charge >= 0.3 is 0 Å². The first-order chi connectivity index (χ1) is 8.74. The number of hydrogen-bond donors (Lipinski definition) is 2. The van der Waals surface area contributed by atoms with Crippen molar-refractivity contribution in [2.75, 3.05) is 19.6 Å². The Balaban J connectivity index is 1.84. The van der Waals surface area contributed by atoms with E-state index in [9.17, 15) is 4.79 Å². The Labute approximate surface area is 110 Å². The van der Waals surface area contributed by atoms with Gasteiger partial charge in [-0.15, -0.1) is 0 Å². The Hall–Kier alpha value is -0.610. The molecule has 2 saturated heterocycles. The van der Waals surface area contributed by atoms with E-state index in [1.54, 1.807) is 0 Å². The summed E-state index contributed by atoms with van der Waals surface area (Å²) in [6, 6.07) is 1.93. The highest BCUT2D eigenvalue weighted by Crippen LogP contribution is 2.35. The number of amides is 1. The molecule has 4 nitrogen and oxygen atoms in total. The number of fused-ring (bicyclic) bond motifs is 2. The Morgan fingerprint density at radius 1 is 1.22 bits per heavy atom. The fourth-order valence-corrected chi connectivity index (χ4v) is 3.47. The lowest BCUT2D eigenvalue weighted by Gasteiger charge is -2.38. The summed E-state index contributed by atoms with van der Waals surface area (Å²) in [6.45, 7) is 6.66. The molecule has 2 atom stereocenters. The van der Waals surface area contributed by atoms with E-state index in [2.05, 4.69) is 22.5 Å². The first kappa shape index (κ1) is 13.8. The average Bonchev–Trinajstić information content (AvgIpc) is 2.60. The second-order valence-corrected chi connectivity index (χ2v) is 5.63. The lowest BCUT2D eigenvalue weighted by Crippen LogP contribution is -2.52. The minimum atomic E-state index is 0.189. The normalized spacial score (nSPS) is 31.6. The quantitative estimate of drug-likeness (QED) is 0.745. The number of nitrogens with zero attached hydrogens (tertiary/aromatic N) is 1. The van der Waals surface area contributed by atoms with Crippen molar-refractivity contribution in [3.63, 3.8) is 0 Å². The Morgan fingerprint density at radius 3 is 2.44 bits per heavy atom. The molecule has 0 aliphatic carbocycles. The standard InChI is InChI=1S/C14H27N3O/c1-3-7-16-11-8-12-5-6-13(9-11)17(12)10-14(18)15-4-2/h11-13,16H,3-10H2,1-2H3,(H,15,18). The highest BCUT2D eigenvalue weighted by atomic mass is 16.2. The molecule has 0 radical (unpaired) electrons. The van der Waals surface area contributed by atoms with Gasteiger partial charge in [-0.25, -0.2) is 0 Å². The molecule has 0 spiro atoms. The predicted octanol–water partition coefficient (Wildman–Crippen LogP) is 1.12. The molecule has 0 saturated carbocycles. The molecule has 2 heterocycles. The second kappa shape index (κ2) is 6.53. The molecule has 2 bridgehead atoms. The van der Waals surface area contributed by atoms with Crippen LogP contribution in [0.4, 0.5) is 0 Å². The van der Waals surface area contributed by atoms with E-state index in [0.29, 0.717) is 24.7 Å². The van der Waals surface area contributed by atoms with Crippen molar-refractivity contribution in [1.82, 2.24) is 15.5 Å². The highest BCUT2D eigenvalue weighted by molar-refractivity contribution is 5.78. The molecule has 2 rings (SSSR count). The van der Waals surface area contributed by atoms with E-state index in [4.69, 9.17) is 0 Å².